The molecule has 0 radical (unpaired) electrons. The second-order valence-corrected chi connectivity index (χ2v) is 6.76. The van der Waals surface area contributed by atoms with E-state index in [9.17, 15) is 4.79 Å². The number of aliphatic hydroxyl groups excluding tert-OH is 1. The van der Waals surface area contributed by atoms with Crippen molar-refractivity contribution in [2.75, 3.05) is 26.2 Å². The van der Waals surface area contributed by atoms with E-state index in [1.54, 1.807) is 10.9 Å². The van der Waals surface area contributed by atoms with Crippen LogP contribution < -0.4 is 5.32 Å². The molecule has 1 saturated heterocycles. The lowest BCUT2D eigenvalue weighted by Crippen LogP contribution is -2.36. The minimum Gasteiger partial charge on any atom is -0.395 e. The van der Waals surface area contributed by atoms with E-state index in [4.69, 9.17) is 5.11 Å². The predicted molar refractivity (Wildman–Crippen MR) is 98.8 cm³/mol. The fraction of sp³-hybridized carbons (Fsp3) is 0.526. The van der Waals surface area contributed by atoms with Crippen LogP contribution in [0, 0.1) is 0 Å². The molecule has 26 heavy (non-hydrogen) atoms. The fourth-order valence-corrected chi connectivity index (χ4v) is 3.35. The van der Waals surface area contributed by atoms with Gasteiger partial charge in [-0.3, -0.25) is 9.69 Å². The average Bonchev–Trinajstić information content (AvgIpc) is 3.17. The van der Waals surface area contributed by atoms with Crippen LogP contribution in [0.25, 0.3) is 0 Å². The number of hydrogen-bond acceptors (Lipinski definition) is 5. The molecule has 0 bridgehead atoms. The van der Waals surface area contributed by atoms with Crippen LogP contribution in [-0.2, 0) is 13.0 Å². The van der Waals surface area contributed by atoms with Gasteiger partial charge < -0.3 is 10.4 Å². The molecule has 7 heteroatoms. The van der Waals surface area contributed by atoms with Crippen molar-refractivity contribution < 1.29 is 9.90 Å². The van der Waals surface area contributed by atoms with E-state index in [0.29, 0.717) is 5.69 Å². The third-order valence-electron chi connectivity index (χ3n) is 4.83. The number of benzene rings is 1. The van der Waals surface area contributed by atoms with Crippen molar-refractivity contribution in [3.8, 4) is 0 Å². The number of nitrogens with one attached hydrogen (secondary N) is 1. The summed E-state index contributed by atoms with van der Waals surface area (Å²) < 4.78 is 1.81. The van der Waals surface area contributed by atoms with Crippen molar-refractivity contribution in [2.24, 2.45) is 0 Å². The number of likely N-dealkylation sites (tertiary alicyclic amines) is 1. The van der Waals surface area contributed by atoms with E-state index in [0.717, 1.165) is 38.9 Å². The summed E-state index contributed by atoms with van der Waals surface area (Å²) in [4.78, 5) is 14.3. The summed E-state index contributed by atoms with van der Waals surface area (Å²) in [6, 6.07) is 9.05. The molecule has 1 amide bonds. The monoisotopic (exact) mass is 357 g/mol. The molecule has 1 aromatic heterocycles. The number of aliphatic hydroxyl groups is 1. The SMILES string of the molecule is CCc1ccc(CN2CCCC(n3cc(C(=O)NCCO)nn3)C2)cc1. The Labute approximate surface area is 154 Å². The van der Waals surface area contributed by atoms with Gasteiger partial charge in [-0.1, -0.05) is 36.4 Å². The molecular weight excluding hydrogens is 330 g/mol. The Morgan fingerprint density at radius 1 is 1.31 bits per heavy atom. The predicted octanol–water partition coefficient (Wildman–Crippen LogP) is 1.40. The molecule has 1 unspecified atom stereocenters. The number of piperidine rings is 1. The maximum atomic E-state index is 11.9. The summed E-state index contributed by atoms with van der Waals surface area (Å²) in [5.41, 5.74) is 2.98. The number of carbonyl (C=O) groups excluding carboxylic acids is 1. The van der Waals surface area contributed by atoms with Gasteiger partial charge in [-0.25, -0.2) is 4.68 Å². The normalized spacial score (nSPS) is 18.0. The lowest BCUT2D eigenvalue weighted by atomic mass is 10.0. The van der Waals surface area contributed by atoms with Crippen LogP contribution in [0.3, 0.4) is 0 Å². The topological polar surface area (TPSA) is 83.3 Å². The number of carbonyl (C=O) groups is 1. The average molecular weight is 357 g/mol. The molecular formula is C19H27N5O2. The first-order valence-corrected chi connectivity index (χ1v) is 9.30. The molecule has 1 aromatic carbocycles. The molecule has 7 nitrogen and oxygen atoms in total. The summed E-state index contributed by atoms with van der Waals surface area (Å²) in [7, 11) is 0. The maximum absolute atomic E-state index is 11.9. The summed E-state index contributed by atoms with van der Waals surface area (Å²) >= 11 is 0. The highest BCUT2D eigenvalue weighted by atomic mass is 16.3. The van der Waals surface area contributed by atoms with Crippen molar-refractivity contribution in [3.05, 3.63) is 47.3 Å². The smallest absolute Gasteiger partial charge is 0.273 e. The van der Waals surface area contributed by atoms with Gasteiger partial charge >= 0.3 is 0 Å². The number of rotatable bonds is 7. The second kappa shape index (κ2) is 8.91. The molecule has 1 aliphatic rings. The highest BCUT2D eigenvalue weighted by Crippen LogP contribution is 2.22. The highest BCUT2D eigenvalue weighted by Gasteiger charge is 2.23. The quantitative estimate of drug-likeness (QED) is 0.783. The van der Waals surface area contributed by atoms with Gasteiger partial charge in [0.15, 0.2) is 5.69 Å². The zero-order chi connectivity index (χ0) is 18.4. The van der Waals surface area contributed by atoms with Crippen LogP contribution in [0.1, 0.15) is 47.4 Å². The molecule has 2 N–H and O–H groups in total. The van der Waals surface area contributed by atoms with E-state index in [1.165, 1.54) is 11.1 Å². The van der Waals surface area contributed by atoms with Crippen molar-refractivity contribution in [2.45, 2.75) is 38.8 Å². The number of amides is 1. The Balaban J connectivity index is 1.59. The van der Waals surface area contributed by atoms with E-state index < -0.39 is 0 Å². The van der Waals surface area contributed by atoms with Gasteiger partial charge in [0.1, 0.15) is 0 Å². The number of nitrogens with zero attached hydrogens (tertiary/aromatic N) is 4. The van der Waals surface area contributed by atoms with E-state index in [1.807, 2.05) is 0 Å². The maximum Gasteiger partial charge on any atom is 0.273 e. The number of hydrogen-bond donors (Lipinski definition) is 2. The zero-order valence-corrected chi connectivity index (χ0v) is 15.3. The van der Waals surface area contributed by atoms with Gasteiger partial charge in [0, 0.05) is 19.6 Å². The minimum absolute atomic E-state index is 0.0866. The Bertz CT molecular complexity index is 713. The van der Waals surface area contributed by atoms with Crippen LogP contribution in [0.4, 0.5) is 0 Å². The van der Waals surface area contributed by atoms with Gasteiger partial charge in [-0.2, -0.15) is 0 Å². The largest absolute Gasteiger partial charge is 0.395 e. The first-order chi connectivity index (χ1) is 12.7. The highest BCUT2D eigenvalue weighted by molar-refractivity contribution is 5.91. The summed E-state index contributed by atoms with van der Waals surface area (Å²) in [6.07, 6.45) is 4.90. The van der Waals surface area contributed by atoms with Crippen LogP contribution in [0.2, 0.25) is 0 Å². The first kappa shape index (κ1) is 18.5. The summed E-state index contributed by atoms with van der Waals surface area (Å²) in [5, 5.41) is 19.5. The third-order valence-corrected chi connectivity index (χ3v) is 4.83. The number of aryl methyl sites for hydroxylation is 1. The Hall–Kier alpha value is -2.25. The van der Waals surface area contributed by atoms with Crippen LogP contribution in [0.5, 0.6) is 0 Å². The summed E-state index contributed by atoms with van der Waals surface area (Å²) in [5.74, 6) is -0.297. The minimum atomic E-state index is -0.297. The van der Waals surface area contributed by atoms with Crippen molar-refractivity contribution in [1.29, 1.82) is 0 Å². The Morgan fingerprint density at radius 2 is 2.08 bits per heavy atom. The van der Waals surface area contributed by atoms with Gasteiger partial charge in [0.05, 0.1) is 18.8 Å². The molecule has 140 valence electrons. The molecule has 1 atom stereocenters. The van der Waals surface area contributed by atoms with Gasteiger partial charge in [-0.15, -0.1) is 5.10 Å². The van der Waals surface area contributed by atoms with Gasteiger partial charge in [-0.05, 0) is 36.9 Å². The Kier molecular flexibility index (Phi) is 6.35. The number of aromatic nitrogens is 3. The molecule has 0 saturated carbocycles. The fourth-order valence-electron chi connectivity index (χ4n) is 3.35. The van der Waals surface area contributed by atoms with Crippen molar-refractivity contribution >= 4 is 5.91 Å². The lowest BCUT2D eigenvalue weighted by molar-refractivity contribution is 0.0939. The van der Waals surface area contributed by atoms with E-state index >= 15 is 0 Å². The summed E-state index contributed by atoms with van der Waals surface area (Å²) in [6.45, 7) is 5.21. The van der Waals surface area contributed by atoms with Crippen LogP contribution >= 0.6 is 0 Å². The Morgan fingerprint density at radius 3 is 2.81 bits per heavy atom. The lowest BCUT2D eigenvalue weighted by Gasteiger charge is -2.32. The first-order valence-electron chi connectivity index (χ1n) is 9.30. The van der Waals surface area contributed by atoms with Crippen molar-refractivity contribution in [3.63, 3.8) is 0 Å². The molecule has 2 heterocycles. The van der Waals surface area contributed by atoms with Crippen LogP contribution in [0.15, 0.2) is 30.5 Å². The third kappa shape index (κ3) is 4.68. The van der Waals surface area contributed by atoms with Gasteiger partial charge in [0.2, 0.25) is 0 Å². The van der Waals surface area contributed by atoms with Crippen LogP contribution in [-0.4, -0.2) is 57.1 Å². The van der Waals surface area contributed by atoms with Crippen molar-refractivity contribution in [1.82, 2.24) is 25.2 Å². The molecule has 0 spiro atoms. The molecule has 0 aliphatic carbocycles. The zero-order valence-electron chi connectivity index (χ0n) is 15.3. The second-order valence-electron chi connectivity index (χ2n) is 6.76. The molecule has 1 fully saturated rings. The van der Waals surface area contributed by atoms with Gasteiger partial charge in [0.25, 0.3) is 5.91 Å². The molecule has 2 aromatic rings. The van der Waals surface area contributed by atoms with E-state index in [-0.39, 0.29) is 25.1 Å². The molecule has 3 rings (SSSR count). The van der Waals surface area contributed by atoms with E-state index in [2.05, 4.69) is 51.7 Å². The standard InChI is InChI=1S/C19H27N5O2/c1-2-15-5-7-16(8-6-15)12-23-10-3-4-17(13-23)24-14-18(21-22-24)19(26)20-9-11-25/h5-8,14,17,25H,2-4,9-13H2,1H3,(H,20,26). The molecule has 1 aliphatic heterocycles.